The molecule has 0 spiro atoms. The minimum Gasteiger partial charge on any atom is -0.264 e. The SMILES string of the molecule is CC1(C)c2c(-c3cccc(-c4ccc(-c5nc(-c6ccccc6)cc(-c6cccc(-c7cccnc7)c6)n5)c5ccccc45)c3)cccc2-c2ccc3ccccc3c21. The molecule has 2 aromatic heterocycles. The molecule has 0 bridgehead atoms. The molecule has 1 aliphatic carbocycles. The molecule has 0 unspecified atom stereocenters. The molecule has 11 rings (SSSR count). The van der Waals surface area contributed by atoms with Gasteiger partial charge in [-0.05, 0) is 102 Å². The maximum Gasteiger partial charge on any atom is 0.161 e. The van der Waals surface area contributed by atoms with Crippen LogP contribution in [-0.4, -0.2) is 15.0 Å². The van der Waals surface area contributed by atoms with Gasteiger partial charge in [0.1, 0.15) is 0 Å². The average molecular weight is 754 g/mol. The van der Waals surface area contributed by atoms with Crippen LogP contribution in [-0.2, 0) is 5.41 Å². The van der Waals surface area contributed by atoms with Gasteiger partial charge in [0.15, 0.2) is 5.82 Å². The maximum atomic E-state index is 5.30. The zero-order chi connectivity index (χ0) is 39.5. The molecule has 1 aliphatic rings. The number of nitrogens with zero attached hydrogens (tertiary/aromatic N) is 3. The molecule has 0 fully saturated rings. The summed E-state index contributed by atoms with van der Waals surface area (Å²) in [7, 11) is 0. The monoisotopic (exact) mass is 753 g/mol. The first-order valence-corrected chi connectivity index (χ1v) is 20.3. The summed E-state index contributed by atoms with van der Waals surface area (Å²) in [6.45, 7) is 4.78. The van der Waals surface area contributed by atoms with E-state index < -0.39 is 0 Å². The summed E-state index contributed by atoms with van der Waals surface area (Å²) in [6.07, 6.45) is 3.70. The Kier molecular flexibility index (Phi) is 8.16. The average Bonchev–Trinajstić information content (AvgIpc) is 3.55. The van der Waals surface area contributed by atoms with Gasteiger partial charge in [0.05, 0.1) is 11.4 Å². The second-order valence-corrected chi connectivity index (χ2v) is 16.0. The molecule has 278 valence electrons. The Hall–Kier alpha value is -7.49. The van der Waals surface area contributed by atoms with Crippen molar-refractivity contribution in [2.75, 3.05) is 0 Å². The van der Waals surface area contributed by atoms with E-state index in [4.69, 9.17) is 9.97 Å². The summed E-state index contributed by atoms with van der Waals surface area (Å²) in [5, 5.41) is 4.89. The minimum absolute atomic E-state index is 0.167. The van der Waals surface area contributed by atoms with Crippen LogP contribution in [0.25, 0.3) is 100.0 Å². The largest absolute Gasteiger partial charge is 0.264 e. The molecule has 10 aromatic rings. The van der Waals surface area contributed by atoms with Crippen molar-refractivity contribution in [1.29, 1.82) is 0 Å². The lowest BCUT2D eigenvalue weighted by Crippen LogP contribution is -2.16. The summed E-state index contributed by atoms with van der Waals surface area (Å²) < 4.78 is 0. The Labute approximate surface area is 344 Å². The van der Waals surface area contributed by atoms with E-state index in [-0.39, 0.29) is 5.41 Å². The summed E-state index contributed by atoms with van der Waals surface area (Å²) in [4.78, 5) is 14.9. The standard InChI is InChI=1S/C56H39N3/c1-56(2)53-44-22-7-6-14-36(44)27-28-49(53)48-26-12-25-45(54(48)56)40-19-11-18-39(33-40)43-29-30-50(47-24-9-8-23-46(43)47)55-58-51(37-15-4-3-5-16-37)34-52(59-55)41-20-10-17-38(32-41)42-21-13-31-57-35-42/h3-35H,1-2H3. The van der Waals surface area contributed by atoms with Gasteiger partial charge in [-0.2, -0.15) is 0 Å². The molecule has 0 N–H and O–H groups in total. The van der Waals surface area contributed by atoms with Crippen molar-refractivity contribution in [2.45, 2.75) is 19.3 Å². The smallest absolute Gasteiger partial charge is 0.161 e. The second kappa shape index (κ2) is 13.9. The van der Waals surface area contributed by atoms with Crippen LogP contribution in [0.3, 0.4) is 0 Å². The van der Waals surface area contributed by atoms with Crippen molar-refractivity contribution >= 4 is 21.5 Å². The van der Waals surface area contributed by atoms with Gasteiger partial charge in [-0.15, -0.1) is 0 Å². The number of benzene rings is 8. The van der Waals surface area contributed by atoms with Gasteiger partial charge >= 0.3 is 0 Å². The van der Waals surface area contributed by atoms with E-state index >= 15 is 0 Å². The van der Waals surface area contributed by atoms with E-state index in [1.165, 1.54) is 55.3 Å². The van der Waals surface area contributed by atoms with E-state index in [2.05, 4.69) is 195 Å². The van der Waals surface area contributed by atoms with Crippen LogP contribution < -0.4 is 0 Å². The molecule has 0 aliphatic heterocycles. The van der Waals surface area contributed by atoms with Crippen LogP contribution in [0.15, 0.2) is 200 Å². The second-order valence-electron chi connectivity index (χ2n) is 16.0. The first-order chi connectivity index (χ1) is 29.0. The number of fused-ring (bicyclic) bond motifs is 6. The number of hydrogen-bond donors (Lipinski definition) is 0. The number of pyridine rings is 1. The number of aromatic nitrogens is 3. The van der Waals surface area contributed by atoms with Crippen LogP contribution >= 0.6 is 0 Å². The van der Waals surface area contributed by atoms with Gasteiger partial charge in [0.2, 0.25) is 0 Å². The Morgan fingerprint density at radius 1 is 0.356 bits per heavy atom. The molecule has 59 heavy (non-hydrogen) atoms. The van der Waals surface area contributed by atoms with Gasteiger partial charge in [0.25, 0.3) is 0 Å². The van der Waals surface area contributed by atoms with Crippen molar-refractivity contribution in [3.05, 3.63) is 212 Å². The van der Waals surface area contributed by atoms with Crippen LogP contribution in [0.4, 0.5) is 0 Å². The third-order valence-corrected chi connectivity index (χ3v) is 12.1. The summed E-state index contributed by atoms with van der Waals surface area (Å²) in [6, 6.07) is 67.5. The summed E-state index contributed by atoms with van der Waals surface area (Å²) in [5.41, 5.74) is 17.1. The molecular weight excluding hydrogens is 715 g/mol. The highest BCUT2D eigenvalue weighted by atomic mass is 14.9. The van der Waals surface area contributed by atoms with Crippen molar-refractivity contribution < 1.29 is 0 Å². The van der Waals surface area contributed by atoms with Gasteiger partial charge in [0, 0.05) is 40.1 Å². The highest BCUT2D eigenvalue weighted by molar-refractivity contribution is 6.05. The van der Waals surface area contributed by atoms with Gasteiger partial charge in [-0.1, -0.05) is 172 Å². The lowest BCUT2D eigenvalue weighted by molar-refractivity contribution is 0.668. The van der Waals surface area contributed by atoms with Crippen molar-refractivity contribution in [1.82, 2.24) is 15.0 Å². The zero-order valence-electron chi connectivity index (χ0n) is 32.9. The molecule has 3 heteroatoms. The van der Waals surface area contributed by atoms with Crippen molar-refractivity contribution in [3.8, 4) is 78.4 Å². The molecule has 0 amide bonds. The van der Waals surface area contributed by atoms with Gasteiger partial charge < -0.3 is 0 Å². The maximum absolute atomic E-state index is 5.30. The van der Waals surface area contributed by atoms with Gasteiger partial charge in [-0.25, -0.2) is 9.97 Å². The Balaban J connectivity index is 1.03. The fraction of sp³-hybridized carbons (Fsp3) is 0.0536. The number of rotatable bonds is 6. The number of hydrogen-bond acceptors (Lipinski definition) is 3. The van der Waals surface area contributed by atoms with Gasteiger partial charge in [-0.3, -0.25) is 4.98 Å². The molecule has 8 aromatic carbocycles. The molecule has 3 nitrogen and oxygen atoms in total. The zero-order valence-corrected chi connectivity index (χ0v) is 32.9. The van der Waals surface area contributed by atoms with Crippen molar-refractivity contribution in [3.63, 3.8) is 0 Å². The van der Waals surface area contributed by atoms with Crippen LogP contribution in [0.2, 0.25) is 0 Å². The lowest BCUT2D eigenvalue weighted by Gasteiger charge is -2.26. The molecule has 0 saturated heterocycles. The molecule has 0 atom stereocenters. The van der Waals surface area contributed by atoms with Crippen LogP contribution in [0, 0.1) is 0 Å². The van der Waals surface area contributed by atoms with Crippen LogP contribution in [0.1, 0.15) is 25.0 Å². The fourth-order valence-electron chi connectivity index (χ4n) is 9.45. The predicted octanol–water partition coefficient (Wildman–Crippen LogP) is 14.5. The Bertz CT molecular complexity index is 3240. The molecule has 2 heterocycles. The fourth-order valence-corrected chi connectivity index (χ4v) is 9.45. The molecule has 0 radical (unpaired) electrons. The predicted molar refractivity (Wildman–Crippen MR) is 245 cm³/mol. The van der Waals surface area contributed by atoms with E-state index in [1.807, 2.05) is 18.3 Å². The first-order valence-electron chi connectivity index (χ1n) is 20.3. The van der Waals surface area contributed by atoms with E-state index in [0.29, 0.717) is 5.82 Å². The Morgan fingerprint density at radius 3 is 1.71 bits per heavy atom. The first kappa shape index (κ1) is 34.7. The van der Waals surface area contributed by atoms with E-state index in [9.17, 15) is 0 Å². The van der Waals surface area contributed by atoms with Crippen molar-refractivity contribution in [2.24, 2.45) is 0 Å². The normalized spacial score (nSPS) is 12.7. The van der Waals surface area contributed by atoms with E-state index in [0.717, 1.165) is 50.0 Å². The topological polar surface area (TPSA) is 38.7 Å². The Morgan fingerprint density at radius 2 is 0.915 bits per heavy atom. The molecule has 0 saturated carbocycles. The highest BCUT2D eigenvalue weighted by Gasteiger charge is 2.38. The molecular formula is C56H39N3. The third-order valence-electron chi connectivity index (χ3n) is 12.1. The van der Waals surface area contributed by atoms with Crippen LogP contribution in [0.5, 0.6) is 0 Å². The lowest BCUT2D eigenvalue weighted by atomic mass is 9.77. The highest BCUT2D eigenvalue weighted by Crippen LogP contribution is 2.54. The third kappa shape index (κ3) is 5.85. The minimum atomic E-state index is -0.167. The summed E-state index contributed by atoms with van der Waals surface area (Å²) >= 11 is 0. The summed E-state index contributed by atoms with van der Waals surface area (Å²) in [5.74, 6) is 0.693. The quantitative estimate of drug-likeness (QED) is 0.170. The van der Waals surface area contributed by atoms with E-state index in [1.54, 1.807) is 6.20 Å².